The van der Waals surface area contributed by atoms with Gasteiger partial charge in [0.05, 0.1) is 4.90 Å². The molecule has 0 aromatic carbocycles. The van der Waals surface area contributed by atoms with Crippen LogP contribution in [-0.4, -0.2) is 32.4 Å². The molecule has 1 aliphatic heterocycles. The van der Waals surface area contributed by atoms with Gasteiger partial charge in [0.25, 0.3) is 0 Å². The Kier molecular flexibility index (Phi) is 5.06. The van der Waals surface area contributed by atoms with Crippen LogP contribution in [0, 0.1) is 18.3 Å². The molecule has 6 nitrogen and oxygen atoms in total. The summed E-state index contributed by atoms with van der Waals surface area (Å²) in [5, 5.41) is 0.435. The number of piperidine rings is 1. The third kappa shape index (κ3) is 3.52. The lowest BCUT2D eigenvalue weighted by molar-refractivity contribution is 0.218. The van der Waals surface area contributed by atoms with Gasteiger partial charge in [-0.3, -0.25) is 4.40 Å². The number of hydrogen-bond acceptors (Lipinski definition) is 6. The third-order valence-electron chi connectivity index (χ3n) is 6.83. The van der Waals surface area contributed by atoms with Crippen LogP contribution in [0.15, 0.2) is 34.4 Å². The first-order valence-corrected chi connectivity index (χ1v) is 11.8. The zero-order chi connectivity index (χ0) is 20.9. The summed E-state index contributed by atoms with van der Waals surface area (Å²) in [4.78, 5) is 18.0. The number of fused-ring (bicyclic) bond motifs is 1. The van der Waals surface area contributed by atoms with Gasteiger partial charge in [0, 0.05) is 42.1 Å². The molecule has 2 aliphatic rings. The maximum atomic E-state index is 6.22. The molecule has 8 heteroatoms. The minimum absolute atomic E-state index is 0.417. The number of anilines is 2. The molecule has 1 aliphatic carbocycles. The van der Waals surface area contributed by atoms with Crippen molar-refractivity contribution in [1.82, 2.24) is 19.4 Å². The zero-order valence-corrected chi connectivity index (χ0v) is 19.0. The van der Waals surface area contributed by atoms with Crippen LogP contribution < -0.4 is 10.6 Å². The second kappa shape index (κ2) is 7.61. The predicted molar refractivity (Wildman–Crippen MR) is 122 cm³/mol. The van der Waals surface area contributed by atoms with Crippen LogP contribution in [0.3, 0.4) is 0 Å². The summed E-state index contributed by atoms with van der Waals surface area (Å²) in [5.41, 5.74) is 8.29. The first kappa shape index (κ1) is 19.9. The van der Waals surface area contributed by atoms with Crippen LogP contribution in [0.1, 0.15) is 44.6 Å². The largest absolute Gasteiger partial charge is 0.384 e. The van der Waals surface area contributed by atoms with Crippen molar-refractivity contribution in [3.05, 3.63) is 35.4 Å². The van der Waals surface area contributed by atoms with E-state index in [1.165, 1.54) is 32.1 Å². The summed E-state index contributed by atoms with van der Waals surface area (Å²) < 4.78 is 2.11. The van der Waals surface area contributed by atoms with Crippen molar-refractivity contribution in [3.8, 4) is 0 Å². The van der Waals surface area contributed by atoms with Crippen LogP contribution in [0.25, 0.3) is 5.65 Å². The number of pyridine rings is 1. The molecule has 4 heterocycles. The number of rotatable bonds is 3. The molecule has 0 radical (unpaired) electrons. The van der Waals surface area contributed by atoms with E-state index < -0.39 is 0 Å². The van der Waals surface area contributed by atoms with E-state index in [-0.39, 0.29) is 0 Å². The molecule has 3 aromatic rings. The summed E-state index contributed by atoms with van der Waals surface area (Å²) in [5.74, 6) is 2.28. The van der Waals surface area contributed by atoms with Gasteiger partial charge in [-0.25, -0.2) is 15.0 Å². The highest BCUT2D eigenvalue weighted by molar-refractivity contribution is 7.99. The normalized spacial score (nSPS) is 21.0. The van der Waals surface area contributed by atoms with E-state index in [9.17, 15) is 0 Å². The Morgan fingerprint density at radius 1 is 1.20 bits per heavy atom. The molecule has 1 saturated carbocycles. The quantitative estimate of drug-likeness (QED) is 0.560. The van der Waals surface area contributed by atoms with Crippen molar-refractivity contribution in [2.45, 2.75) is 55.7 Å². The first-order valence-electron chi connectivity index (χ1n) is 10.6. The Bertz CT molecular complexity index is 1090. The number of nitrogens with zero attached hydrogens (tertiary/aromatic N) is 5. The Morgan fingerprint density at radius 3 is 2.73 bits per heavy atom. The minimum Gasteiger partial charge on any atom is -0.384 e. The highest BCUT2D eigenvalue weighted by Crippen LogP contribution is 2.49. The number of hydrogen-bond donors (Lipinski definition) is 1. The molecule has 2 fully saturated rings. The Morgan fingerprint density at radius 2 is 2.00 bits per heavy atom. The third-order valence-corrected chi connectivity index (χ3v) is 8.35. The van der Waals surface area contributed by atoms with Gasteiger partial charge in [-0.15, -0.1) is 0 Å². The Labute approximate surface area is 186 Å². The maximum absolute atomic E-state index is 6.22. The van der Waals surface area contributed by atoms with E-state index in [0.717, 1.165) is 46.0 Å². The number of nitrogen functional groups attached to an aromatic ring is 1. The van der Waals surface area contributed by atoms with Crippen molar-refractivity contribution in [2.24, 2.45) is 11.3 Å². The van der Waals surface area contributed by atoms with Gasteiger partial charge in [0.1, 0.15) is 11.0 Å². The van der Waals surface area contributed by atoms with Crippen LogP contribution in [0.5, 0.6) is 0 Å². The Balaban J connectivity index is 1.41. The smallest absolute Gasteiger partial charge is 0.211 e. The summed E-state index contributed by atoms with van der Waals surface area (Å²) in [6, 6.07) is 1.85. The zero-order valence-electron chi connectivity index (χ0n) is 17.4. The molecule has 0 amide bonds. The van der Waals surface area contributed by atoms with Crippen LogP contribution in [0.4, 0.5) is 11.8 Å². The summed E-state index contributed by atoms with van der Waals surface area (Å²) in [6.07, 6.45) is 12.5. The minimum atomic E-state index is 0.417. The lowest BCUT2D eigenvalue weighted by Gasteiger charge is -2.40. The molecule has 30 heavy (non-hydrogen) atoms. The molecular formula is C22H27ClN6S. The van der Waals surface area contributed by atoms with E-state index in [1.807, 2.05) is 31.6 Å². The van der Waals surface area contributed by atoms with E-state index in [4.69, 9.17) is 22.3 Å². The second-order valence-corrected chi connectivity index (χ2v) is 10.4. The number of imidazole rings is 1. The fourth-order valence-electron chi connectivity index (χ4n) is 5.12. The average molecular weight is 443 g/mol. The van der Waals surface area contributed by atoms with E-state index in [0.29, 0.717) is 16.4 Å². The topological polar surface area (TPSA) is 72.3 Å². The molecule has 1 saturated heterocycles. The molecule has 3 aromatic heterocycles. The van der Waals surface area contributed by atoms with E-state index >= 15 is 0 Å². The van der Waals surface area contributed by atoms with Gasteiger partial charge < -0.3 is 10.6 Å². The number of aromatic nitrogens is 4. The maximum Gasteiger partial charge on any atom is 0.211 e. The molecule has 5 rings (SSSR count). The number of nitrogens with two attached hydrogens (primary N) is 1. The van der Waals surface area contributed by atoms with Crippen molar-refractivity contribution in [1.29, 1.82) is 0 Å². The fraction of sp³-hybridized carbons (Fsp3) is 0.500. The van der Waals surface area contributed by atoms with Crippen LogP contribution >= 0.6 is 23.4 Å². The SMILES string of the molecule is Cc1c(Sc2cnc(N3CCC4(CCC(C)C4)CC3)n3ccnc23)cc(N)nc1Cl. The van der Waals surface area contributed by atoms with Crippen molar-refractivity contribution in [2.75, 3.05) is 23.7 Å². The van der Waals surface area contributed by atoms with Crippen molar-refractivity contribution < 1.29 is 0 Å². The number of halogens is 1. The van der Waals surface area contributed by atoms with Crippen LogP contribution in [0.2, 0.25) is 5.15 Å². The molecule has 2 N–H and O–H groups in total. The molecule has 1 unspecified atom stereocenters. The molecule has 1 atom stereocenters. The van der Waals surface area contributed by atoms with Crippen molar-refractivity contribution >= 4 is 40.8 Å². The van der Waals surface area contributed by atoms with Gasteiger partial charge in [-0.1, -0.05) is 36.7 Å². The monoisotopic (exact) mass is 442 g/mol. The molecule has 158 valence electrons. The fourth-order valence-corrected chi connectivity index (χ4v) is 6.39. The lowest BCUT2D eigenvalue weighted by Crippen LogP contribution is -2.40. The van der Waals surface area contributed by atoms with Crippen molar-refractivity contribution in [3.63, 3.8) is 0 Å². The first-order chi connectivity index (χ1) is 14.4. The average Bonchev–Trinajstić information content (AvgIpc) is 3.34. The van der Waals surface area contributed by atoms with Crippen LogP contribution in [-0.2, 0) is 0 Å². The summed E-state index contributed by atoms with van der Waals surface area (Å²) >= 11 is 7.80. The standard InChI is InChI=1S/C22H27ClN6S/c1-14-3-4-22(12-14)5-8-28(9-6-22)21-26-13-17(20-25-7-10-29(20)21)30-16-11-18(24)27-19(23)15(16)2/h7,10-11,13-14H,3-6,8-9,12H2,1-2H3,(H2,24,27). The summed E-state index contributed by atoms with van der Waals surface area (Å²) in [7, 11) is 0. The summed E-state index contributed by atoms with van der Waals surface area (Å²) in [6.45, 7) is 6.48. The van der Waals surface area contributed by atoms with E-state index in [1.54, 1.807) is 11.8 Å². The second-order valence-electron chi connectivity index (χ2n) is 8.94. The molecule has 0 bridgehead atoms. The highest BCUT2D eigenvalue weighted by Gasteiger charge is 2.40. The van der Waals surface area contributed by atoms with Gasteiger partial charge in [-0.05, 0) is 50.0 Å². The lowest BCUT2D eigenvalue weighted by atomic mass is 9.76. The molecular weight excluding hydrogens is 416 g/mol. The molecule has 1 spiro atoms. The van der Waals surface area contributed by atoms with Gasteiger partial charge in [-0.2, -0.15) is 0 Å². The van der Waals surface area contributed by atoms with Gasteiger partial charge in [0.15, 0.2) is 5.65 Å². The van der Waals surface area contributed by atoms with Gasteiger partial charge in [0.2, 0.25) is 5.95 Å². The van der Waals surface area contributed by atoms with E-state index in [2.05, 4.69) is 26.2 Å². The Hall–Kier alpha value is -1.99. The predicted octanol–water partition coefficient (Wildman–Crippen LogP) is 5.23. The highest BCUT2D eigenvalue weighted by atomic mass is 35.5. The van der Waals surface area contributed by atoms with Gasteiger partial charge >= 0.3 is 0 Å².